The summed E-state index contributed by atoms with van der Waals surface area (Å²) in [5.41, 5.74) is 1.35. The molecule has 1 heterocycles. The van der Waals surface area contributed by atoms with Gasteiger partial charge in [0.2, 0.25) is 5.91 Å². The van der Waals surface area contributed by atoms with Crippen LogP contribution in [0.25, 0.3) is 0 Å². The monoisotopic (exact) mass is 466 g/mol. The molecule has 6 heteroatoms. The lowest BCUT2D eigenvalue weighted by Crippen LogP contribution is -2.40. The maximum atomic E-state index is 11.3. The van der Waals surface area contributed by atoms with E-state index in [0.29, 0.717) is 0 Å². The van der Waals surface area contributed by atoms with E-state index in [-0.39, 0.29) is 11.9 Å². The summed E-state index contributed by atoms with van der Waals surface area (Å²) in [6, 6.07) is 6.52. The number of likely N-dealkylation sites (tertiary alicyclic amines) is 1. The molecule has 1 aliphatic carbocycles. The lowest BCUT2D eigenvalue weighted by Gasteiger charge is -2.34. The van der Waals surface area contributed by atoms with Crippen molar-refractivity contribution in [2.75, 3.05) is 33.4 Å². The van der Waals surface area contributed by atoms with Crippen LogP contribution in [0, 0.1) is 11.8 Å². The number of rotatable bonds is 8. The molecule has 0 bridgehead atoms. The normalized spacial score (nSPS) is 23.7. The van der Waals surface area contributed by atoms with E-state index in [1.165, 1.54) is 61.8 Å². The molecule has 0 aromatic heterocycles. The number of piperidine rings is 1. The number of nitrogens with zero attached hydrogens (tertiary/aromatic N) is 1. The van der Waals surface area contributed by atoms with Gasteiger partial charge in [-0.25, -0.2) is 0 Å². The van der Waals surface area contributed by atoms with Crippen LogP contribution in [0.15, 0.2) is 22.7 Å². The first-order valence-corrected chi connectivity index (χ1v) is 11.8. The van der Waals surface area contributed by atoms with Crippen molar-refractivity contribution >= 4 is 21.8 Å². The molecular weight excluding hydrogens is 432 g/mol. The van der Waals surface area contributed by atoms with Crippen molar-refractivity contribution < 1.29 is 14.6 Å². The molecule has 1 saturated carbocycles. The van der Waals surface area contributed by atoms with Gasteiger partial charge in [0.15, 0.2) is 0 Å². The molecule has 162 valence electrons. The van der Waals surface area contributed by atoms with Gasteiger partial charge in [-0.15, -0.1) is 0 Å². The third kappa shape index (κ3) is 6.97. The lowest BCUT2D eigenvalue weighted by atomic mass is 9.83. The van der Waals surface area contributed by atoms with E-state index in [4.69, 9.17) is 9.84 Å². The van der Waals surface area contributed by atoms with Crippen LogP contribution in [-0.4, -0.2) is 55.3 Å². The Morgan fingerprint density at radius 1 is 1.17 bits per heavy atom. The van der Waals surface area contributed by atoms with Crippen molar-refractivity contribution in [2.45, 2.75) is 57.4 Å². The van der Waals surface area contributed by atoms with Crippen LogP contribution in [-0.2, 0) is 11.2 Å². The van der Waals surface area contributed by atoms with E-state index in [1.807, 2.05) is 6.07 Å². The van der Waals surface area contributed by atoms with Crippen LogP contribution in [0.4, 0.5) is 0 Å². The molecule has 0 atom stereocenters. The number of ether oxygens (including phenoxy) is 1. The summed E-state index contributed by atoms with van der Waals surface area (Å²) in [6.45, 7) is 3.21. The molecule has 5 nitrogen and oxygen atoms in total. The maximum absolute atomic E-state index is 11.3. The van der Waals surface area contributed by atoms with Crippen molar-refractivity contribution in [3.63, 3.8) is 0 Å². The van der Waals surface area contributed by atoms with Crippen molar-refractivity contribution in [1.29, 1.82) is 0 Å². The summed E-state index contributed by atoms with van der Waals surface area (Å²) in [7, 11) is 1.73. The largest absolute Gasteiger partial charge is 0.497 e. The first-order chi connectivity index (χ1) is 14.1. The van der Waals surface area contributed by atoms with Crippen molar-refractivity contribution in [3.8, 4) is 5.75 Å². The molecule has 2 aliphatic rings. The number of hydrogen-bond donors (Lipinski definition) is 2. The predicted molar refractivity (Wildman–Crippen MR) is 119 cm³/mol. The van der Waals surface area contributed by atoms with Gasteiger partial charge in [-0.3, -0.25) is 4.79 Å². The second-order valence-electron chi connectivity index (χ2n) is 8.68. The summed E-state index contributed by atoms with van der Waals surface area (Å²) >= 11 is 3.69. The summed E-state index contributed by atoms with van der Waals surface area (Å²) in [5, 5.41) is 11.8. The zero-order valence-electron chi connectivity index (χ0n) is 17.5. The molecule has 1 aliphatic heterocycles. The van der Waals surface area contributed by atoms with E-state index in [0.717, 1.165) is 36.8 Å². The van der Waals surface area contributed by atoms with Crippen molar-refractivity contribution in [2.24, 2.45) is 11.8 Å². The number of hydrogen-bond acceptors (Lipinski definition) is 4. The fraction of sp³-hybridized carbons (Fsp3) is 0.696. The maximum Gasteiger partial charge on any atom is 0.245 e. The van der Waals surface area contributed by atoms with Gasteiger partial charge in [0, 0.05) is 10.5 Å². The highest BCUT2D eigenvalue weighted by Crippen LogP contribution is 2.30. The first kappa shape index (κ1) is 22.6. The van der Waals surface area contributed by atoms with Gasteiger partial charge in [0.05, 0.1) is 7.11 Å². The molecule has 3 rings (SSSR count). The number of amides is 1. The third-order valence-electron chi connectivity index (χ3n) is 6.68. The number of methoxy groups -OCH3 is 1. The second kappa shape index (κ2) is 11.3. The zero-order valence-corrected chi connectivity index (χ0v) is 19.1. The van der Waals surface area contributed by atoms with Crippen LogP contribution in [0.5, 0.6) is 5.75 Å². The summed E-state index contributed by atoms with van der Waals surface area (Å²) < 4.78 is 6.56. The van der Waals surface area contributed by atoms with Crippen LogP contribution < -0.4 is 10.1 Å². The lowest BCUT2D eigenvalue weighted by molar-refractivity contribution is -0.124. The van der Waals surface area contributed by atoms with E-state index in [9.17, 15) is 4.79 Å². The molecule has 29 heavy (non-hydrogen) atoms. The number of aliphatic hydroxyl groups excluding tert-OH is 1. The summed E-state index contributed by atoms with van der Waals surface area (Å²) in [6.07, 6.45) is 9.41. The Hall–Kier alpha value is -1.11. The van der Waals surface area contributed by atoms with Crippen LogP contribution in [0.3, 0.4) is 0 Å². The molecule has 0 unspecified atom stereocenters. The van der Waals surface area contributed by atoms with Gasteiger partial charge in [-0.05, 0) is 107 Å². The second-order valence-corrected chi connectivity index (χ2v) is 9.53. The van der Waals surface area contributed by atoms with Gasteiger partial charge in [0.25, 0.3) is 0 Å². The number of carbonyl (C=O) groups is 1. The molecule has 0 spiro atoms. The molecule has 0 radical (unpaired) electrons. The minimum atomic E-state index is -0.398. The number of halogens is 1. The average Bonchev–Trinajstić information content (AvgIpc) is 2.75. The molecular formula is C23H35BrN2O3. The highest BCUT2D eigenvalue weighted by Gasteiger charge is 2.24. The number of benzene rings is 1. The topological polar surface area (TPSA) is 61.8 Å². The summed E-state index contributed by atoms with van der Waals surface area (Å²) in [4.78, 5) is 13.9. The van der Waals surface area contributed by atoms with Gasteiger partial charge < -0.3 is 20.1 Å². The van der Waals surface area contributed by atoms with E-state index in [1.54, 1.807) is 7.11 Å². The zero-order chi connectivity index (χ0) is 20.6. The minimum Gasteiger partial charge on any atom is -0.497 e. The van der Waals surface area contributed by atoms with Crippen LogP contribution in [0.2, 0.25) is 0 Å². The fourth-order valence-electron chi connectivity index (χ4n) is 4.79. The van der Waals surface area contributed by atoms with Crippen LogP contribution >= 0.6 is 15.9 Å². The molecule has 1 saturated heterocycles. The molecule has 1 aromatic rings. The minimum absolute atomic E-state index is 0.239. The van der Waals surface area contributed by atoms with Gasteiger partial charge >= 0.3 is 0 Å². The standard InChI is InChI=1S/C23H35BrN2O3/c1-29-21-6-7-22(24)19(15-21)14-18-9-12-26(13-10-18)11-8-17-2-4-20(5-3-17)25-23(28)16-27/h6-7,15,17-18,20,27H,2-5,8-14,16H2,1H3,(H,25,28). The Bertz CT molecular complexity index is 654. The number of nitrogens with one attached hydrogen (secondary N) is 1. The highest BCUT2D eigenvalue weighted by atomic mass is 79.9. The summed E-state index contributed by atoms with van der Waals surface area (Å²) in [5.74, 6) is 2.23. The number of aliphatic hydroxyl groups is 1. The fourth-order valence-corrected chi connectivity index (χ4v) is 5.20. The van der Waals surface area contributed by atoms with Gasteiger partial charge in [-0.2, -0.15) is 0 Å². The van der Waals surface area contributed by atoms with Crippen LogP contribution in [0.1, 0.15) is 50.5 Å². The van der Waals surface area contributed by atoms with Crippen molar-refractivity contribution in [3.05, 3.63) is 28.2 Å². The van der Waals surface area contributed by atoms with Gasteiger partial charge in [0.1, 0.15) is 12.4 Å². The highest BCUT2D eigenvalue weighted by molar-refractivity contribution is 9.10. The van der Waals surface area contributed by atoms with E-state index in [2.05, 4.69) is 38.3 Å². The Balaban J connectivity index is 1.34. The van der Waals surface area contributed by atoms with Gasteiger partial charge in [-0.1, -0.05) is 15.9 Å². The Labute approximate surface area is 183 Å². The van der Waals surface area contributed by atoms with Crippen molar-refractivity contribution in [1.82, 2.24) is 10.2 Å². The SMILES string of the molecule is COc1ccc(Br)c(CC2CCN(CCC3CCC(NC(=O)CO)CC3)CC2)c1. The molecule has 2 fully saturated rings. The first-order valence-electron chi connectivity index (χ1n) is 11.0. The average molecular weight is 467 g/mol. The predicted octanol–water partition coefficient (Wildman–Crippen LogP) is 3.77. The Kier molecular flexibility index (Phi) is 8.82. The van der Waals surface area contributed by atoms with E-state index < -0.39 is 6.61 Å². The van der Waals surface area contributed by atoms with E-state index >= 15 is 0 Å². The third-order valence-corrected chi connectivity index (χ3v) is 7.45. The quantitative estimate of drug-likeness (QED) is 0.611. The molecule has 1 amide bonds. The molecule has 2 N–H and O–H groups in total. The smallest absolute Gasteiger partial charge is 0.245 e. The Morgan fingerprint density at radius 3 is 2.55 bits per heavy atom. The molecule has 1 aromatic carbocycles. The Morgan fingerprint density at radius 2 is 1.90 bits per heavy atom. The number of carbonyl (C=O) groups excluding carboxylic acids is 1.